The van der Waals surface area contributed by atoms with E-state index < -0.39 is 6.04 Å². The molecule has 0 heterocycles. The van der Waals surface area contributed by atoms with Crippen LogP contribution in [0.3, 0.4) is 0 Å². The first kappa shape index (κ1) is 24.1. The first-order valence-corrected chi connectivity index (χ1v) is 12.2. The molecule has 0 saturated carbocycles. The normalized spacial score (nSPS) is 11.5. The highest BCUT2D eigenvalue weighted by atomic mass is 32.2. The summed E-state index contributed by atoms with van der Waals surface area (Å²) in [7, 11) is 0. The lowest BCUT2D eigenvalue weighted by Gasteiger charge is -2.18. The van der Waals surface area contributed by atoms with E-state index in [1.807, 2.05) is 24.5 Å². The molecule has 30 heavy (non-hydrogen) atoms. The van der Waals surface area contributed by atoms with Crippen LogP contribution in [0.15, 0.2) is 54.6 Å². The van der Waals surface area contributed by atoms with E-state index in [4.69, 9.17) is 4.74 Å². The lowest BCUT2D eigenvalue weighted by atomic mass is 10.2. The van der Waals surface area contributed by atoms with Crippen LogP contribution in [-0.2, 0) is 15.3 Å². The van der Waals surface area contributed by atoms with Crippen LogP contribution in [0.1, 0.15) is 12.0 Å². The third kappa shape index (κ3) is 9.09. The van der Waals surface area contributed by atoms with Crippen LogP contribution in [-0.4, -0.2) is 48.8 Å². The third-order valence-electron chi connectivity index (χ3n) is 4.14. The molecule has 2 N–H and O–H groups in total. The molecule has 0 fully saturated rings. The van der Waals surface area contributed by atoms with Crippen molar-refractivity contribution in [3.63, 3.8) is 0 Å². The molecule has 2 aromatic carbocycles. The summed E-state index contributed by atoms with van der Waals surface area (Å²) in [6, 6.07) is 15.1. The summed E-state index contributed by atoms with van der Waals surface area (Å²) < 4.78 is 19.0. The van der Waals surface area contributed by atoms with Crippen LogP contribution in [0.2, 0.25) is 0 Å². The van der Waals surface area contributed by atoms with E-state index in [1.165, 1.54) is 6.07 Å². The molecule has 0 aromatic heterocycles. The van der Waals surface area contributed by atoms with Crippen molar-refractivity contribution >= 4 is 35.3 Å². The first-order valence-electron chi connectivity index (χ1n) is 9.65. The fourth-order valence-electron chi connectivity index (χ4n) is 2.57. The topological polar surface area (TPSA) is 67.4 Å². The van der Waals surface area contributed by atoms with Crippen molar-refractivity contribution in [2.45, 2.75) is 18.2 Å². The highest BCUT2D eigenvalue weighted by molar-refractivity contribution is 7.98. The van der Waals surface area contributed by atoms with Crippen LogP contribution in [0, 0.1) is 5.82 Å². The zero-order chi connectivity index (χ0) is 21.6. The van der Waals surface area contributed by atoms with Gasteiger partial charge in [0.1, 0.15) is 17.6 Å². The Morgan fingerprint density at radius 1 is 1.07 bits per heavy atom. The molecule has 8 heteroatoms. The Morgan fingerprint density at radius 2 is 1.80 bits per heavy atom. The second-order valence-corrected chi connectivity index (χ2v) is 8.53. The van der Waals surface area contributed by atoms with Crippen molar-refractivity contribution in [2.24, 2.45) is 0 Å². The fourth-order valence-corrected chi connectivity index (χ4v) is 3.89. The zero-order valence-electron chi connectivity index (χ0n) is 16.9. The van der Waals surface area contributed by atoms with E-state index in [2.05, 4.69) is 10.6 Å². The molecular formula is C22H27FN2O3S2. The van der Waals surface area contributed by atoms with Gasteiger partial charge < -0.3 is 15.4 Å². The van der Waals surface area contributed by atoms with Gasteiger partial charge in [0.2, 0.25) is 5.91 Å². The number of benzene rings is 2. The Kier molecular flexibility index (Phi) is 11.2. The Balaban J connectivity index is 1.72. The largest absolute Gasteiger partial charge is 0.484 e. The van der Waals surface area contributed by atoms with Crippen molar-refractivity contribution in [2.75, 3.05) is 30.9 Å². The van der Waals surface area contributed by atoms with E-state index in [-0.39, 0.29) is 24.2 Å². The summed E-state index contributed by atoms with van der Waals surface area (Å²) in [5.74, 6) is 1.78. The maximum absolute atomic E-state index is 13.6. The first-order chi connectivity index (χ1) is 14.6. The predicted molar refractivity (Wildman–Crippen MR) is 122 cm³/mol. The number of hydrogen-bond donors (Lipinski definition) is 2. The molecule has 0 aliphatic rings. The molecular weight excluding hydrogens is 423 g/mol. The summed E-state index contributed by atoms with van der Waals surface area (Å²) in [4.78, 5) is 24.7. The van der Waals surface area contributed by atoms with Crippen LogP contribution < -0.4 is 15.4 Å². The van der Waals surface area contributed by atoms with Crippen molar-refractivity contribution in [3.05, 3.63) is 66.0 Å². The van der Waals surface area contributed by atoms with Crippen molar-refractivity contribution in [3.8, 4) is 5.75 Å². The monoisotopic (exact) mass is 450 g/mol. The fraction of sp³-hybridized carbons (Fsp3) is 0.364. The van der Waals surface area contributed by atoms with Crippen LogP contribution in [0.25, 0.3) is 0 Å². The van der Waals surface area contributed by atoms with Crippen molar-refractivity contribution < 1.29 is 18.7 Å². The molecule has 0 radical (unpaired) electrons. The van der Waals surface area contributed by atoms with Crippen molar-refractivity contribution in [1.82, 2.24) is 10.6 Å². The quantitative estimate of drug-likeness (QED) is 0.457. The van der Waals surface area contributed by atoms with Crippen LogP contribution in [0.4, 0.5) is 4.39 Å². The van der Waals surface area contributed by atoms with Gasteiger partial charge in [-0.2, -0.15) is 23.5 Å². The number of para-hydroxylation sites is 1. The number of thioether (sulfide) groups is 2. The van der Waals surface area contributed by atoms with Gasteiger partial charge in [0.25, 0.3) is 5.91 Å². The molecule has 2 rings (SSSR count). The smallest absolute Gasteiger partial charge is 0.258 e. The number of ether oxygens (including phenoxy) is 1. The summed E-state index contributed by atoms with van der Waals surface area (Å²) in [6.45, 7) is 0.301. The van der Waals surface area contributed by atoms with Crippen LogP contribution >= 0.6 is 23.5 Å². The molecule has 0 spiro atoms. The SMILES string of the molecule is CSCCC(NC(=O)COc1ccccc1)C(=O)NCCSCc1ccccc1F. The molecule has 0 bridgehead atoms. The number of halogens is 1. The molecule has 0 aliphatic heterocycles. The number of hydrogen-bond acceptors (Lipinski definition) is 5. The molecule has 5 nitrogen and oxygen atoms in total. The van der Waals surface area contributed by atoms with E-state index in [0.29, 0.717) is 35.8 Å². The lowest BCUT2D eigenvalue weighted by Crippen LogP contribution is -2.48. The summed E-state index contributed by atoms with van der Waals surface area (Å²) in [6.07, 6.45) is 2.49. The van der Waals surface area contributed by atoms with Gasteiger partial charge >= 0.3 is 0 Å². The Morgan fingerprint density at radius 3 is 2.53 bits per heavy atom. The lowest BCUT2D eigenvalue weighted by molar-refractivity contribution is -0.130. The molecule has 1 atom stereocenters. The van der Waals surface area contributed by atoms with Gasteiger partial charge in [-0.05, 0) is 42.2 Å². The van der Waals surface area contributed by atoms with E-state index >= 15 is 0 Å². The average Bonchev–Trinajstić information content (AvgIpc) is 2.76. The standard InChI is InChI=1S/C22H27FN2O3S2/c1-29-13-11-20(25-21(26)15-28-18-8-3-2-4-9-18)22(27)24-12-14-30-16-17-7-5-6-10-19(17)23/h2-10,20H,11-16H2,1H3,(H,24,27)(H,25,26). The predicted octanol–water partition coefficient (Wildman–Crippen LogP) is 3.49. The summed E-state index contributed by atoms with van der Waals surface area (Å²) in [5, 5.41) is 5.60. The second kappa shape index (κ2) is 13.9. The van der Waals surface area contributed by atoms with Gasteiger partial charge in [0.05, 0.1) is 0 Å². The Hall–Kier alpha value is -2.19. The van der Waals surface area contributed by atoms with E-state index in [0.717, 1.165) is 5.75 Å². The van der Waals surface area contributed by atoms with Crippen molar-refractivity contribution in [1.29, 1.82) is 0 Å². The van der Waals surface area contributed by atoms with Gasteiger partial charge in [-0.1, -0.05) is 36.4 Å². The summed E-state index contributed by atoms with van der Waals surface area (Å²) >= 11 is 3.16. The van der Waals surface area contributed by atoms with E-state index in [1.54, 1.807) is 53.9 Å². The molecule has 0 saturated heterocycles. The number of rotatable bonds is 13. The summed E-state index contributed by atoms with van der Waals surface area (Å²) in [5.41, 5.74) is 0.650. The van der Waals surface area contributed by atoms with E-state index in [9.17, 15) is 14.0 Å². The van der Waals surface area contributed by atoms with Gasteiger partial charge in [-0.3, -0.25) is 9.59 Å². The van der Waals surface area contributed by atoms with Gasteiger partial charge in [-0.25, -0.2) is 4.39 Å². The number of nitrogens with one attached hydrogen (secondary N) is 2. The third-order valence-corrected chi connectivity index (χ3v) is 5.79. The van der Waals surface area contributed by atoms with Gasteiger partial charge in [-0.15, -0.1) is 0 Å². The minimum atomic E-state index is -0.610. The molecule has 2 aromatic rings. The van der Waals surface area contributed by atoms with Gasteiger partial charge in [0.15, 0.2) is 6.61 Å². The zero-order valence-corrected chi connectivity index (χ0v) is 18.6. The molecule has 1 unspecified atom stereocenters. The van der Waals surface area contributed by atoms with Gasteiger partial charge in [0, 0.05) is 18.1 Å². The number of carbonyl (C=O) groups excluding carboxylic acids is 2. The maximum atomic E-state index is 13.6. The van der Waals surface area contributed by atoms with Crippen LogP contribution in [0.5, 0.6) is 5.75 Å². The molecule has 162 valence electrons. The molecule has 2 amide bonds. The Bertz CT molecular complexity index is 793. The average molecular weight is 451 g/mol. The number of amides is 2. The highest BCUT2D eigenvalue weighted by Gasteiger charge is 2.20. The minimum absolute atomic E-state index is 0.147. The number of carbonyl (C=O) groups is 2. The second-order valence-electron chi connectivity index (χ2n) is 6.44. The maximum Gasteiger partial charge on any atom is 0.258 e. The highest BCUT2D eigenvalue weighted by Crippen LogP contribution is 2.14. The minimum Gasteiger partial charge on any atom is -0.484 e. The molecule has 0 aliphatic carbocycles. The Labute approximate surface area is 185 Å².